The first-order chi connectivity index (χ1) is 11.6. The van der Waals surface area contributed by atoms with Crippen LogP contribution in [0.5, 0.6) is 0 Å². The molecule has 0 saturated carbocycles. The fourth-order valence-corrected chi connectivity index (χ4v) is 2.33. The molecule has 6 heteroatoms. The molecule has 0 spiro atoms. The molecule has 3 aromatic rings. The van der Waals surface area contributed by atoms with E-state index in [0.717, 1.165) is 11.3 Å². The van der Waals surface area contributed by atoms with Crippen LogP contribution in [-0.2, 0) is 6.54 Å². The fraction of sp³-hybridized carbons (Fsp3) is 0.167. The number of carbonyl (C=O) groups excluding carboxylic acids is 1. The van der Waals surface area contributed by atoms with E-state index in [2.05, 4.69) is 15.3 Å². The second-order valence-electron chi connectivity index (χ2n) is 5.49. The number of rotatable bonds is 5. The summed E-state index contributed by atoms with van der Waals surface area (Å²) in [6.07, 6.45) is 6.42. The quantitative estimate of drug-likeness (QED) is 0.782. The molecule has 0 saturated heterocycles. The maximum absolute atomic E-state index is 12.4. The summed E-state index contributed by atoms with van der Waals surface area (Å²) >= 11 is 0. The highest BCUT2D eigenvalue weighted by Gasteiger charge is 2.12. The Bertz CT molecular complexity index is 829. The molecule has 0 unspecified atom stereocenters. The first kappa shape index (κ1) is 15.7. The van der Waals surface area contributed by atoms with Crippen molar-refractivity contribution in [1.29, 1.82) is 0 Å². The van der Waals surface area contributed by atoms with Gasteiger partial charge >= 0.3 is 0 Å². The minimum atomic E-state index is -0.150. The van der Waals surface area contributed by atoms with E-state index in [0.29, 0.717) is 23.5 Å². The maximum Gasteiger partial charge on any atom is 0.251 e. The zero-order valence-corrected chi connectivity index (χ0v) is 13.6. The molecule has 122 valence electrons. The van der Waals surface area contributed by atoms with Crippen LogP contribution >= 0.6 is 0 Å². The summed E-state index contributed by atoms with van der Waals surface area (Å²) in [6.45, 7) is 0.291. The van der Waals surface area contributed by atoms with E-state index in [4.69, 9.17) is 4.42 Å². The van der Waals surface area contributed by atoms with Crippen molar-refractivity contribution >= 4 is 11.6 Å². The molecule has 1 aromatic carbocycles. The van der Waals surface area contributed by atoms with E-state index >= 15 is 0 Å². The van der Waals surface area contributed by atoms with Crippen molar-refractivity contribution in [3.63, 3.8) is 0 Å². The van der Waals surface area contributed by atoms with Crippen LogP contribution in [0, 0.1) is 0 Å². The standard InChI is InChI=1S/C18H18N4O2/c1-22(2)15-5-3-4-13(10-15)18(23)21-11-16-17(20-8-7-19-16)14-6-9-24-12-14/h3-10,12H,11H2,1-2H3,(H,21,23). The van der Waals surface area contributed by atoms with Gasteiger partial charge in [-0.25, -0.2) is 0 Å². The van der Waals surface area contributed by atoms with E-state index in [1.54, 1.807) is 31.0 Å². The van der Waals surface area contributed by atoms with Gasteiger partial charge in [-0.1, -0.05) is 6.07 Å². The third-order valence-corrected chi connectivity index (χ3v) is 3.61. The minimum Gasteiger partial charge on any atom is -0.472 e. The average molecular weight is 322 g/mol. The summed E-state index contributed by atoms with van der Waals surface area (Å²) < 4.78 is 5.09. The first-order valence-corrected chi connectivity index (χ1v) is 7.53. The first-order valence-electron chi connectivity index (χ1n) is 7.53. The van der Waals surface area contributed by atoms with Gasteiger partial charge in [0.15, 0.2) is 0 Å². The van der Waals surface area contributed by atoms with Crippen LogP contribution in [0.4, 0.5) is 5.69 Å². The molecule has 2 aromatic heterocycles. The monoisotopic (exact) mass is 322 g/mol. The Hall–Kier alpha value is -3.15. The van der Waals surface area contributed by atoms with E-state index < -0.39 is 0 Å². The van der Waals surface area contributed by atoms with Gasteiger partial charge in [0, 0.05) is 43.3 Å². The van der Waals surface area contributed by atoms with Crippen LogP contribution in [0.25, 0.3) is 11.3 Å². The van der Waals surface area contributed by atoms with Gasteiger partial charge in [0.1, 0.15) is 0 Å². The van der Waals surface area contributed by atoms with Crippen molar-refractivity contribution in [3.05, 3.63) is 66.5 Å². The second kappa shape index (κ2) is 6.95. The van der Waals surface area contributed by atoms with Crippen molar-refractivity contribution < 1.29 is 9.21 Å². The van der Waals surface area contributed by atoms with Gasteiger partial charge in [-0.05, 0) is 24.3 Å². The predicted octanol–water partition coefficient (Wildman–Crippen LogP) is 2.73. The van der Waals surface area contributed by atoms with Gasteiger partial charge < -0.3 is 14.6 Å². The van der Waals surface area contributed by atoms with Gasteiger partial charge in [0.05, 0.1) is 30.5 Å². The molecule has 0 bridgehead atoms. The highest BCUT2D eigenvalue weighted by molar-refractivity contribution is 5.95. The molecule has 24 heavy (non-hydrogen) atoms. The maximum atomic E-state index is 12.4. The van der Waals surface area contributed by atoms with Gasteiger partial charge in [0.25, 0.3) is 5.91 Å². The van der Waals surface area contributed by atoms with E-state index in [1.807, 2.05) is 43.3 Å². The molecule has 1 amide bonds. The molecule has 0 aliphatic heterocycles. The number of nitrogens with one attached hydrogen (secondary N) is 1. The van der Waals surface area contributed by atoms with E-state index in [-0.39, 0.29) is 5.91 Å². The van der Waals surface area contributed by atoms with Crippen molar-refractivity contribution in [2.45, 2.75) is 6.54 Å². The van der Waals surface area contributed by atoms with Crippen LogP contribution in [0.1, 0.15) is 16.1 Å². The summed E-state index contributed by atoms with van der Waals surface area (Å²) in [5.41, 5.74) is 3.81. The predicted molar refractivity (Wildman–Crippen MR) is 91.7 cm³/mol. The molecule has 3 rings (SSSR count). The molecule has 1 N–H and O–H groups in total. The van der Waals surface area contributed by atoms with Gasteiger partial charge in [-0.15, -0.1) is 0 Å². The number of hydrogen-bond acceptors (Lipinski definition) is 5. The molecule has 0 radical (unpaired) electrons. The highest BCUT2D eigenvalue weighted by Crippen LogP contribution is 2.20. The third-order valence-electron chi connectivity index (χ3n) is 3.61. The average Bonchev–Trinajstić information content (AvgIpc) is 3.14. The Morgan fingerprint density at radius 1 is 1.21 bits per heavy atom. The van der Waals surface area contributed by atoms with Crippen LogP contribution in [0.3, 0.4) is 0 Å². The molecule has 6 nitrogen and oxygen atoms in total. The van der Waals surface area contributed by atoms with Crippen LogP contribution in [-0.4, -0.2) is 30.0 Å². The number of hydrogen-bond donors (Lipinski definition) is 1. The number of nitrogens with zero attached hydrogens (tertiary/aromatic N) is 3. The molecular weight excluding hydrogens is 304 g/mol. The molecule has 0 aliphatic carbocycles. The number of furan rings is 1. The Morgan fingerprint density at radius 3 is 2.79 bits per heavy atom. The van der Waals surface area contributed by atoms with Crippen LogP contribution in [0.2, 0.25) is 0 Å². The smallest absolute Gasteiger partial charge is 0.251 e. The van der Waals surface area contributed by atoms with Crippen molar-refractivity contribution in [3.8, 4) is 11.3 Å². The molecular formula is C18H18N4O2. The lowest BCUT2D eigenvalue weighted by molar-refractivity contribution is 0.0950. The summed E-state index contributed by atoms with van der Waals surface area (Å²) in [5, 5.41) is 2.89. The third kappa shape index (κ3) is 3.43. The molecule has 0 atom stereocenters. The lowest BCUT2D eigenvalue weighted by atomic mass is 10.1. The summed E-state index contributed by atoms with van der Waals surface area (Å²) in [4.78, 5) is 23.0. The second-order valence-corrected chi connectivity index (χ2v) is 5.49. The largest absolute Gasteiger partial charge is 0.472 e. The number of anilines is 1. The Balaban J connectivity index is 1.75. The van der Waals surface area contributed by atoms with Crippen LogP contribution in [0.15, 0.2) is 59.7 Å². The summed E-state index contributed by atoms with van der Waals surface area (Å²) in [7, 11) is 3.88. The highest BCUT2D eigenvalue weighted by atomic mass is 16.3. The Kier molecular flexibility index (Phi) is 4.56. The van der Waals surface area contributed by atoms with Crippen molar-refractivity contribution in [2.75, 3.05) is 19.0 Å². The van der Waals surface area contributed by atoms with E-state index in [1.165, 1.54) is 0 Å². The topological polar surface area (TPSA) is 71.3 Å². The lowest BCUT2D eigenvalue weighted by Gasteiger charge is -2.13. The zero-order valence-electron chi connectivity index (χ0n) is 13.6. The van der Waals surface area contributed by atoms with E-state index in [9.17, 15) is 4.79 Å². The van der Waals surface area contributed by atoms with Crippen molar-refractivity contribution in [1.82, 2.24) is 15.3 Å². The Labute approximate surface area is 140 Å². The van der Waals surface area contributed by atoms with Gasteiger partial charge in [-0.3, -0.25) is 14.8 Å². The number of carbonyl (C=O) groups is 1. The number of aromatic nitrogens is 2. The minimum absolute atomic E-state index is 0.150. The molecule has 2 heterocycles. The summed E-state index contributed by atoms with van der Waals surface area (Å²) in [5.74, 6) is -0.150. The SMILES string of the molecule is CN(C)c1cccc(C(=O)NCc2nccnc2-c2ccoc2)c1. The Morgan fingerprint density at radius 2 is 2.04 bits per heavy atom. The van der Waals surface area contributed by atoms with Gasteiger partial charge in [-0.2, -0.15) is 0 Å². The normalized spacial score (nSPS) is 10.4. The van der Waals surface area contributed by atoms with Crippen LogP contribution < -0.4 is 10.2 Å². The number of benzene rings is 1. The molecule has 0 aliphatic rings. The van der Waals surface area contributed by atoms with Crippen molar-refractivity contribution in [2.24, 2.45) is 0 Å². The van der Waals surface area contributed by atoms with Gasteiger partial charge in [0.2, 0.25) is 0 Å². The number of amides is 1. The molecule has 0 fully saturated rings. The zero-order chi connectivity index (χ0) is 16.9. The summed E-state index contributed by atoms with van der Waals surface area (Å²) in [6, 6.07) is 9.27. The lowest BCUT2D eigenvalue weighted by Crippen LogP contribution is -2.24. The fourth-order valence-electron chi connectivity index (χ4n) is 2.33.